The first-order valence-electron chi connectivity index (χ1n) is 9.11. The van der Waals surface area contributed by atoms with Crippen LogP contribution in [0.4, 0.5) is 5.82 Å². The highest BCUT2D eigenvalue weighted by Gasteiger charge is 2.38. The van der Waals surface area contributed by atoms with Crippen molar-refractivity contribution in [3.63, 3.8) is 0 Å². The molecule has 0 aromatic carbocycles. The van der Waals surface area contributed by atoms with Gasteiger partial charge in [0.05, 0.1) is 11.6 Å². The third-order valence-electron chi connectivity index (χ3n) is 5.74. The van der Waals surface area contributed by atoms with Crippen molar-refractivity contribution >= 4 is 11.7 Å². The highest BCUT2D eigenvalue weighted by molar-refractivity contribution is 5.92. The second kappa shape index (κ2) is 6.63. The molecular weight excluding hydrogens is 288 g/mol. The number of amides is 1. The van der Waals surface area contributed by atoms with Gasteiger partial charge in [-0.2, -0.15) is 5.10 Å². The first kappa shape index (κ1) is 16.5. The number of hydrogen-bond acceptors (Lipinski definition) is 3. The molecule has 1 amide bonds. The van der Waals surface area contributed by atoms with Crippen LogP contribution in [0.15, 0.2) is 6.07 Å². The Bertz CT molecular complexity index is 557. The van der Waals surface area contributed by atoms with E-state index in [0.717, 1.165) is 37.2 Å². The Morgan fingerprint density at radius 2 is 1.96 bits per heavy atom. The molecule has 2 unspecified atom stereocenters. The third kappa shape index (κ3) is 3.60. The van der Waals surface area contributed by atoms with E-state index >= 15 is 0 Å². The Morgan fingerprint density at radius 1 is 1.26 bits per heavy atom. The van der Waals surface area contributed by atoms with Gasteiger partial charge in [-0.3, -0.25) is 9.48 Å². The number of anilines is 1. The number of nitrogens with two attached hydrogens (primary N) is 1. The first-order valence-corrected chi connectivity index (χ1v) is 9.11. The standard InChI is InChI=1S/C18H30N4O/c1-18(19)11-7-6-10-14(18)17(23)20-16-12-15(21-22(16)2)13-8-4-3-5-9-13/h12-14H,3-11,19H2,1-2H3,(H,20,23). The number of nitrogens with one attached hydrogen (secondary N) is 1. The van der Waals surface area contributed by atoms with Gasteiger partial charge in [-0.05, 0) is 32.6 Å². The number of hydrogen-bond donors (Lipinski definition) is 2. The fourth-order valence-corrected chi connectivity index (χ4v) is 4.21. The Balaban J connectivity index is 1.69. The smallest absolute Gasteiger partial charge is 0.230 e. The molecule has 0 saturated heterocycles. The van der Waals surface area contributed by atoms with Gasteiger partial charge < -0.3 is 11.1 Å². The van der Waals surface area contributed by atoms with E-state index < -0.39 is 5.54 Å². The molecule has 3 N–H and O–H groups in total. The average molecular weight is 318 g/mol. The molecule has 5 nitrogen and oxygen atoms in total. The summed E-state index contributed by atoms with van der Waals surface area (Å²) < 4.78 is 1.80. The lowest BCUT2D eigenvalue weighted by atomic mass is 9.74. The minimum absolute atomic E-state index is 0.0490. The fourth-order valence-electron chi connectivity index (χ4n) is 4.21. The Hall–Kier alpha value is -1.36. The van der Waals surface area contributed by atoms with Crippen LogP contribution in [0.2, 0.25) is 0 Å². The molecule has 0 bridgehead atoms. The highest BCUT2D eigenvalue weighted by atomic mass is 16.2. The van der Waals surface area contributed by atoms with Crippen LogP contribution >= 0.6 is 0 Å². The van der Waals surface area contributed by atoms with Crippen LogP contribution in [0, 0.1) is 5.92 Å². The van der Waals surface area contributed by atoms with E-state index in [1.165, 1.54) is 32.1 Å². The minimum atomic E-state index is -0.396. The van der Waals surface area contributed by atoms with E-state index in [1.807, 2.05) is 14.0 Å². The van der Waals surface area contributed by atoms with E-state index in [0.29, 0.717) is 5.92 Å². The zero-order valence-corrected chi connectivity index (χ0v) is 14.5. The van der Waals surface area contributed by atoms with Crippen molar-refractivity contribution in [1.29, 1.82) is 0 Å². The normalized spacial score (nSPS) is 29.4. The maximum atomic E-state index is 12.7. The predicted octanol–water partition coefficient (Wildman–Crippen LogP) is 3.31. The summed E-state index contributed by atoms with van der Waals surface area (Å²) in [6.07, 6.45) is 10.4. The molecular formula is C18H30N4O. The lowest BCUT2D eigenvalue weighted by molar-refractivity contribution is -0.122. The fraction of sp³-hybridized carbons (Fsp3) is 0.778. The van der Waals surface area contributed by atoms with Crippen molar-refractivity contribution in [2.75, 3.05) is 5.32 Å². The van der Waals surface area contributed by atoms with E-state index in [-0.39, 0.29) is 11.8 Å². The molecule has 2 aliphatic carbocycles. The summed E-state index contributed by atoms with van der Waals surface area (Å²) in [5.74, 6) is 1.30. The molecule has 0 spiro atoms. The zero-order valence-electron chi connectivity index (χ0n) is 14.5. The number of nitrogens with zero attached hydrogens (tertiary/aromatic N) is 2. The summed E-state index contributed by atoms with van der Waals surface area (Å²) in [6.45, 7) is 2.01. The number of aryl methyl sites for hydroxylation is 1. The number of aromatic nitrogens is 2. The summed E-state index contributed by atoms with van der Waals surface area (Å²) >= 11 is 0. The molecule has 2 aliphatic rings. The molecule has 2 fully saturated rings. The molecule has 128 valence electrons. The van der Waals surface area contributed by atoms with Gasteiger partial charge in [-0.1, -0.05) is 32.1 Å². The third-order valence-corrected chi connectivity index (χ3v) is 5.74. The van der Waals surface area contributed by atoms with Crippen molar-refractivity contribution in [3.05, 3.63) is 11.8 Å². The zero-order chi connectivity index (χ0) is 16.4. The highest BCUT2D eigenvalue weighted by Crippen LogP contribution is 2.34. The van der Waals surface area contributed by atoms with Gasteiger partial charge in [-0.15, -0.1) is 0 Å². The molecule has 2 saturated carbocycles. The number of carbonyl (C=O) groups is 1. The van der Waals surface area contributed by atoms with E-state index in [2.05, 4.69) is 16.5 Å². The summed E-state index contributed by atoms with van der Waals surface area (Å²) in [4.78, 5) is 12.7. The number of rotatable bonds is 3. The maximum Gasteiger partial charge on any atom is 0.230 e. The van der Waals surface area contributed by atoms with E-state index in [9.17, 15) is 4.79 Å². The van der Waals surface area contributed by atoms with Crippen LogP contribution in [0.3, 0.4) is 0 Å². The number of carbonyl (C=O) groups excluding carboxylic acids is 1. The van der Waals surface area contributed by atoms with Gasteiger partial charge in [0.25, 0.3) is 0 Å². The molecule has 5 heteroatoms. The molecule has 0 radical (unpaired) electrons. The Labute approximate surface area is 139 Å². The lowest BCUT2D eigenvalue weighted by Gasteiger charge is -2.37. The van der Waals surface area contributed by atoms with Crippen LogP contribution in [0.1, 0.15) is 76.3 Å². The SMILES string of the molecule is Cn1nc(C2CCCCC2)cc1NC(=O)C1CCCCC1(C)N. The summed E-state index contributed by atoms with van der Waals surface area (Å²) in [5.41, 5.74) is 7.08. The van der Waals surface area contributed by atoms with Crippen LogP contribution in [-0.2, 0) is 11.8 Å². The van der Waals surface area contributed by atoms with E-state index in [1.54, 1.807) is 4.68 Å². The van der Waals surface area contributed by atoms with Crippen molar-refractivity contribution < 1.29 is 4.79 Å². The molecule has 1 aromatic heterocycles. The van der Waals surface area contributed by atoms with Gasteiger partial charge >= 0.3 is 0 Å². The molecule has 1 aromatic rings. The first-order chi connectivity index (χ1) is 11.0. The van der Waals surface area contributed by atoms with Gasteiger partial charge in [-0.25, -0.2) is 0 Å². The minimum Gasteiger partial charge on any atom is -0.325 e. The largest absolute Gasteiger partial charge is 0.325 e. The lowest BCUT2D eigenvalue weighted by Crippen LogP contribution is -2.51. The van der Waals surface area contributed by atoms with Gasteiger partial charge in [0.15, 0.2) is 0 Å². The predicted molar refractivity (Wildman–Crippen MR) is 92.2 cm³/mol. The molecule has 2 atom stereocenters. The molecule has 3 rings (SSSR count). The van der Waals surface area contributed by atoms with Crippen molar-refractivity contribution in [3.8, 4) is 0 Å². The Kier molecular flexibility index (Phi) is 4.76. The maximum absolute atomic E-state index is 12.7. The van der Waals surface area contributed by atoms with Crippen LogP contribution in [0.5, 0.6) is 0 Å². The average Bonchev–Trinajstić information content (AvgIpc) is 2.88. The quantitative estimate of drug-likeness (QED) is 0.898. The molecule has 23 heavy (non-hydrogen) atoms. The van der Waals surface area contributed by atoms with Crippen LogP contribution in [-0.4, -0.2) is 21.2 Å². The van der Waals surface area contributed by atoms with Crippen molar-refractivity contribution in [1.82, 2.24) is 9.78 Å². The molecule has 0 aliphatic heterocycles. The second-order valence-corrected chi connectivity index (χ2v) is 7.71. The topological polar surface area (TPSA) is 72.9 Å². The van der Waals surface area contributed by atoms with E-state index in [4.69, 9.17) is 5.73 Å². The molecule has 1 heterocycles. The van der Waals surface area contributed by atoms with Crippen LogP contribution < -0.4 is 11.1 Å². The monoisotopic (exact) mass is 318 g/mol. The Morgan fingerprint density at radius 3 is 2.65 bits per heavy atom. The summed E-state index contributed by atoms with van der Waals surface area (Å²) in [5, 5.41) is 7.72. The van der Waals surface area contributed by atoms with Crippen molar-refractivity contribution in [2.45, 2.75) is 76.2 Å². The van der Waals surface area contributed by atoms with Crippen LogP contribution in [0.25, 0.3) is 0 Å². The summed E-state index contributed by atoms with van der Waals surface area (Å²) in [6, 6.07) is 2.06. The van der Waals surface area contributed by atoms with Crippen molar-refractivity contribution in [2.24, 2.45) is 18.7 Å². The van der Waals surface area contributed by atoms with Gasteiger partial charge in [0, 0.05) is 24.6 Å². The summed E-state index contributed by atoms with van der Waals surface area (Å²) in [7, 11) is 1.91. The second-order valence-electron chi connectivity index (χ2n) is 7.71. The van der Waals surface area contributed by atoms with Gasteiger partial charge in [0.1, 0.15) is 5.82 Å². The van der Waals surface area contributed by atoms with Gasteiger partial charge in [0.2, 0.25) is 5.91 Å².